The predicted octanol–water partition coefficient (Wildman–Crippen LogP) is -0.149. The first-order valence-electron chi connectivity index (χ1n) is 5.44. The number of nitrogens with two attached hydrogens (primary N) is 1. The predicted molar refractivity (Wildman–Crippen MR) is 78.5 cm³/mol. The smallest absolute Gasteiger partial charge is 0.209 e. The molecule has 19 heavy (non-hydrogen) atoms. The van der Waals surface area contributed by atoms with E-state index < -0.39 is 15.6 Å². The van der Waals surface area contributed by atoms with Gasteiger partial charge in [-0.15, -0.1) is 0 Å². The number of nitrogens with zero attached hydrogens (tertiary/aromatic N) is 2. The summed E-state index contributed by atoms with van der Waals surface area (Å²) >= 11 is 4.87. The number of thiocarbonyl (C=S) groups is 1. The molecule has 4 N–H and O–H groups in total. The fourth-order valence-corrected chi connectivity index (χ4v) is 2.72. The summed E-state index contributed by atoms with van der Waals surface area (Å²) in [5, 5.41) is 2.99. The van der Waals surface area contributed by atoms with Crippen LogP contribution in [-0.4, -0.2) is 41.7 Å². The Bertz CT molecular complexity index is 571. The minimum absolute atomic E-state index is 0.129. The summed E-state index contributed by atoms with van der Waals surface area (Å²) in [6, 6.07) is 0. The van der Waals surface area contributed by atoms with Crippen molar-refractivity contribution in [2.75, 3.05) is 18.1 Å². The molecule has 106 valence electrons. The summed E-state index contributed by atoms with van der Waals surface area (Å²) in [4.78, 5) is 8.23. The fraction of sp³-hybridized carbons (Fsp3) is 0.500. The number of sulfonamides is 1. The van der Waals surface area contributed by atoms with E-state index in [4.69, 9.17) is 18.0 Å². The first kappa shape index (κ1) is 15.7. The average molecular weight is 303 g/mol. The summed E-state index contributed by atoms with van der Waals surface area (Å²) < 4.78 is 25.0. The van der Waals surface area contributed by atoms with Crippen LogP contribution >= 0.6 is 12.2 Å². The van der Waals surface area contributed by atoms with Crippen LogP contribution in [-0.2, 0) is 10.0 Å². The van der Waals surface area contributed by atoms with Crippen LogP contribution in [0.5, 0.6) is 0 Å². The molecule has 0 saturated carbocycles. The maximum atomic E-state index is 11.2. The molecule has 0 aliphatic heterocycles. The molecule has 7 nitrogen and oxygen atoms in total. The van der Waals surface area contributed by atoms with Crippen molar-refractivity contribution in [3.63, 3.8) is 0 Å². The maximum absolute atomic E-state index is 11.2. The van der Waals surface area contributed by atoms with Gasteiger partial charge in [-0.25, -0.2) is 23.1 Å². The molecule has 9 heteroatoms. The van der Waals surface area contributed by atoms with Crippen LogP contribution in [0.25, 0.3) is 0 Å². The van der Waals surface area contributed by atoms with Gasteiger partial charge in [0, 0.05) is 24.5 Å². The summed E-state index contributed by atoms with van der Waals surface area (Å²) in [7, 11) is -3.29. The standard InChI is InChI=1S/C10H17N5O2S2/c1-10(2,15-19(3,16)17)6-14-9-7(8(11)18)12-4-5-13-9/h4-5,15H,6H2,1-3H3,(H2,11,18)(H,13,14). The molecule has 0 aromatic carbocycles. The Hall–Kier alpha value is -1.32. The van der Waals surface area contributed by atoms with Gasteiger partial charge >= 0.3 is 0 Å². The third-order valence-electron chi connectivity index (χ3n) is 2.09. The van der Waals surface area contributed by atoms with E-state index in [0.717, 1.165) is 6.26 Å². The first-order valence-corrected chi connectivity index (χ1v) is 7.74. The lowest BCUT2D eigenvalue weighted by Crippen LogP contribution is -2.48. The normalized spacial score (nSPS) is 12.2. The second kappa shape index (κ2) is 5.76. The van der Waals surface area contributed by atoms with Crippen molar-refractivity contribution in [2.45, 2.75) is 19.4 Å². The van der Waals surface area contributed by atoms with E-state index in [-0.39, 0.29) is 4.99 Å². The zero-order chi connectivity index (χ0) is 14.7. The molecule has 0 saturated heterocycles. The molecule has 0 amide bonds. The minimum Gasteiger partial charge on any atom is -0.388 e. The highest BCUT2D eigenvalue weighted by Gasteiger charge is 2.22. The molecule has 0 fully saturated rings. The zero-order valence-electron chi connectivity index (χ0n) is 11.0. The molecule has 1 heterocycles. The van der Waals surface area contributed by atoms with Crippen LogP contribution in [0, 0.1) is 0 Å². The minimum atomic E-state index is -3.29. The lowest BCUT2D eigenvalue weighted by atomic mass is 10.1. The first-order chi connectivity index (χ1) is 8.61. The zero-order valence-corrected chi connectivity index (χ0v) is 12.6. The largest absolute Gasteiger partial charge is 0.388 e. The van der Waals surface area contributed by atoms with E-state index in [1.165, 1.54) is 12.4 Å². The lowest BCUT2D eigenvalue weighted by Gasteiger charge is -2.25. The number of hydrogen-bond acceptors (Lipinski definition) is 6. The molecule has 0 aliphatic rings. The molecule has 0 spiro atoms. The molecule has 0 unspecified atom stereocenters. The molecule has 1 aromatic heterocycles. The Morgan fingerprint density at radius 2 is 2.00 bits per heavy atom. The number of hydrogen-bond donors (Lipinski definition) is 3. The van der Waals surface area contributed by atoms with Gasteiger partial charge in [-0.1, -0.05) is 12.2 Å². The second-order valence-electron chi connectivity index (χ2n) is 4.73. The Kier molecular flexibility index (Phi) is 4.77. The van der Waals surface area contributed by atoms with E-state index in [1.54, 1.807) is 13.8 Å². The molecule has 1 rings (SSSR count). The third kappa shape index (κ3) is 5.45. The van der Waals surface area contributed by atoms with Crippen molar-refractivity contribution in [1.29, 1.82) is 0 Å². The number of nitrogens with one attached hydrogen (secondary N) is 2. The van der Waals surface area contributed by atoms with Crippen LogP contribution < -0.4 is 15.8 Å². The topological polar surface area (TPSA) is 110 Å². The Morgan fingerprint density at radius 3 is 2.53 bits per heavy atom. The highest BCUT2D eigenvalue weighted by molar-refractivity contribution is 7.88. The van der Waals surface area contributed by atoms with E-state index in [0.29, 0.717) is 18.1 Å². The van der Waals surface area contributed by atoms with E-state index in [2.05, 4.69) is 20.0 Å². The van der Waals surface area contributed by atoms with Crippen molar-refractivity contribution < 1.29 is 8.42 Å². The summed E-state index contributed by atoms with van der Waals surface area (Å²) in [6.45, 7) is 3.81. The lowest BCUT2D eigenvalue weighted by molar-refractivity contribution is 0.476. The highest BCUT2D eigenvalue weighted by atomic mass is 32.2. The van der Waals surface area contributed by atoms with Gasteiger partial charge in [-0.05, 0) is 13.8 Å². The number of rotatable bonds is 6. The third-order valence-corrected chi connectivity index (χ3v) is 3.21. The van der Waals surface area contributed by atoms with Crippen molar-refractivity contribution in [1.82, 2.24) is 14.7 Å². The Labute approximate surface area is 118 Å². The quantitative estimate of drug-likeness (QED) is 0.627. The number of anilines is 1. The van der Waals surface area contributed by atoms with Gasteiger partial charge in [-0.2, -0.15) is 0 Å². The van der Waals surface area contributed by atoms with Crippen LogP contribution in [0.2, 0.25) is 0 Å². The van der Waals surface area contributed by atoms with Crippen LogP contribution in [0.4, 0.5) is 5.82 Å². The van der Waals surface area contributed by atoms with Crippen molar-refractivity contribution in [3.05, 3.63) is 18.1 Å². The Balaban J connectivity index is 2.80. The van der Waals surface area contributed by atoms with Crippen molar-refractivity contribution in [2.24, 2.45) is 5.73 Å². The van der Waals surface area contributed by atoms with Gasteiger partial charge < -0.3 is 11.1 Å². The molecular weight excluding hydrogens is 286 g/mol. The van der Waals surface area contributed by atoms with Gasteiger partial charge in [0.05, 0.1) is 6.26 Å². The van der Waals surface area contributed by atoms with Crippen LogP contribution in [0.3, 0.4) is 0 Å². The highest BCUT2D eigenvalue weighted by Crippen LogP contribution is 2.11. The summed E-state index contributed by atoms with van der Waals surface area (Å²) in [5.74, 6) is 0.429. The number of aromatic nitrogens is 2. The molecular formula is C10H17N5O2S2. The van der Waals surface area contributed by atoms with Crippen molar-refractivity contribution >= 4 is 33.0 Å². The van der Waals surface area contributed by atoms with Gasteiger partial charge in [-0.3, -0.25) is 0 Å². The SMILES string of the molecule is CC(C)(CNc1nccnc1C(N)=S)NS(C)(=O)=O. The van der Waals surface area contributed by atoms with Gasteiger partial charge in [0.2, 0.25) is 10.0 Å². The maximum Gasteiger partial charge on any atom is 0.209 e. The summed E-state index contributed by atoms with van der Waals surface area (Å²) in [5.41, 5.74) is 5.23. The molecule has 0 atom stereocenters. The van der Waals surface area contributed by atoms with Gasteiger partial charge in [0.25, 0.3) is 0 Å². The van der Waals surface area contributed by atoms with Crippen molar-refractivity contribution in [3.8, 4) is 0 Å². The van der Waals surface area contributed by atoms with E-state index in [1.807, 2.05) is 0 Å². The molecule has 1 aromatic rings. The van der Waals surface area contributed by atoms with Gasteiger partial charge in [0.1, 0.15) is 10.7 Å². The summed E-state index contributed by atoms with van der Waals surface area (Å²) in [6.07, 6.45) is 4.10. The molecule has 0 aliphatic carbocycles. The molecule has 0 radical (unpaired) electrons. The Morgan fingerprint density at radius 1 is 1.42 bits per heavy atom. The van der Waals surface area contributed by atoms with Crippen LogP contribution in [0.1, 0.15) is 19.5 Å². The fourth-order valence-electron chi connectivity index (χ4n) is 1.49. The monoisotopic (exact) mass is 303 g/mol. The van der Waals surface area contributed by atoms with Crippen LogP contribution in [0.15, 0.2) is 12.4 Å². The second-order valence-corrected chi connectivity index (χ2v) is 6.92. The van der Waals surface area contributed by atoms with E-state index >= 15 is 0 Å². The van der Waals surface area contributed by atoms with E-state index in [9.17, 15) is 8.42 Å². The average Bonchev–Trinajstić information content (AvgIpc) is 2.23. The molecule has 0 bridgehead atoms. The van der Waals surface area contributed by atoms with Gasteiger partial charge in [0.15, 0.2) is 5.82 Å².